The molecular formula is C14H16N4O2. The Hall–Kier alpha value is -2.63. The predicted octanol–water partition coefficient (Wildman–Crippen LogP) is 1.21. The molecule has 0 atom stereocenters. The summed E-state index contributed by atoms with van der Waals surface area (Å²) in [5, 5.41) is 5.65. The lowest BCUT2D eigenvalue weighted by Gasteiger charge is -2.07. The molecular weight excluding hydrogens is 256 g/mol. The molecule has 104 valence electrons. The fourth-order valence-corrected chi connectivity index (χ4v) is 1.53. The van der Waals surface area contributed by atoms with E-state index in [4.69, 9.17) is 4.74 Å². The van der Waals surface area contributed by atoms with E-state index < -0.39 is 0 Å². The average Bonchev–Trinajstić information content (AvgIpc) is 2.52. The monoisotopic (exact) mass is 272 g/mol. The third kappa shape index (κ3) is 4.24. The van der Waals surface area contributed by atoms with Crippen LogP contribution in [0.4, 0.5) is 5.95 Å². The van der Waals surface area contributed by atoms with Gasteiger partial charge in [-0.05, 0) is 5.56 Å². The minimum absolute atomic E-state index is 0.117. The summed E-state index contributed by atoms with van der Waals surface area (Å²) in [4.78, 5) is 19.7. The second-order valence-corrected chi connectivity index (χ2v) is 4.06. The number of hydrogen-bond acceptors (Lipinski definition) is 5. The Labute approximate surface area is 117 Å². The number of ether oxygens (including phenoxy) is 1. The molecule has 6 heteroatoms. The summed E-state index contributed by atoms with van der Waals surface area (Å²) in [6.45, 7) is 0.629. The van der Waals surface area contributed by atoms with Gasteiger partial charge in [0.1, 0.15) is 0 Å². The minimum atomic E-state index is -0.117. The number of amides is 1. The summed E-state index contributed by atoms with van der Waals surface area (Å²) in [5.41, 5.74) is 1.06. The quantitative estimate of drug-likeness (QED) is 0.826. The van der Waals surface area contributed by atoms with Crippen LogP contribution in [0.1, 0.15) is 5.56 Å². The van der Waals surface area contributed by atoms with Crippen LogP contribution >= 0.6 is 0 Å². The minimum Gasteiger partial charge on any atom is -0.494 e. The van der Waals surface area contributed by atoms with Crippen molar-refractivity contribution < 1.29 is 9.53 Å². The molecule has 6 nitrogen and oxygen atoms in total. The summed E-state index contributed by atoms with van der Waals surface area (Å²) in [6, 6.07) is 9.73. The number of methoxy groups -OCH3 is 1. The smallest absolute Gasteiger partial charge is 0.239 e. The number of nitrogens with one attached hydrogen (secondary N) is 2. The molecule has 20 heavy (non-hydrogen) atoms. The number of hydrogen-bond donors (Lipinski definition) is 2. The number of carbonyl (C=O) groups is 1. The van der Waals surface area contributed by atoms with Crippen LogP contribution in [0.2, 0.25) is 0 Å². The summed E-state index contributed by atoms with van der Waals surface area (Å²) in [5.74, 6) is 0.845. The van der Waals surface area contributed by atoms with E-state index in [2.05, 4.69) is 20.6 Å². The summed E-state index contributed by atoms with van der Waals surface area (Å²) >= 11 is 0. The highest BCUT2D eigenvalue weighted by molar-refractivity contribution is 5.80. The van der Waals surface area contributed by atoms with Crippen LogP contribution in [-0.2, 0) is 11.3 Å². The van der Waals surface area contributed by atoms with Crippen LogP contribution in [0.5, 0.6) is 5.75 Å². The fraction of sp³-hybridized carbons (Fsp3) is 0.214. The van der Waals surface area contributed by atoms with Gasteiger partial charge in [0.05, 0.1) is 26.0 Å². The molecule has 0 saturated heterocycles. The van der Waals surface area contributed by atoms with E-state index in [1.165, 1.54) is 12.4 Å². The zero-order valence-electron chi connectivity index (χ0n) is 11.2. The Morgan fingerprint density at radius 1 is 1.20 bits per heavy atom. The van der Waals surface area contributed by atoms with Crippen molar-refractivity contribution in [3.63, 3.8) is 0 Å². The highest BCUT2D eigenvalue weighted by atomic mass is 16.5. The topological polar surface area (TPSA) is 76.1 Å². The highest BCUT2D eigenvalue weighted by Crippen LogP contribution is 2.06. The van der Waals surface area contributed by atoms with Crippen molar-refractivity contribution >= 4 is 11.9 Å². The van der Waals surface area contributed by atoms with Gasteiger partial charge in [-0.2, -0.15) is 0 Å². The van der Waals surface area contributed by atoms with E-state index in [1.54, 1.807) is 7.11 Å². The van der Waals surface area contributed by atoms with Gasteiger partial charge in [-0.25, -0.2) is 9.97 Å². The Kier molecular flexibility index (Phi) is 4.88. The maximum Gasteiger partial charge on any atom is 0.239 e. The third-order valence-corrected chi connectivity index (χ3v) is 2.60. The molecule has 2 N–H and O–H groups in total. The summed E-state index contributed by atoms with van der Waals surface area (Å²) in [6.07, 6.45) is 3.08. The molecule has 0 aliphatic rings. The van der Waals surface area contributed by atoms with Gasteiger partial charge in [-0.1, -0.05) is 30.3 Å². The SMILES string of the molecule is COc1cnc(NCC(=O)NCc2ccccc2)nc1. The van der Waals surface area contributed by atoms with Crippen molar-refractivity contribution in [1.82, 2.24) is 15.3 Å². The van der Waals surface area contributed by atoms with E-state index in [0.717, 1.165) is 5.56 Å². The second-order valence-electron chi connectivity index (χ2n) is 4.06. The van der Waals surface area contributed by atoms with E-state index in [0.29, 0.717) is 18.2 Å². The maximum atomic E-state index is 11.7. The van der Waals surface area contributed by atoms with Crippen molar-refractivity contribution in [3.8, 4) is 5.75 Å². The largest absolute Gasteiger partial charge is 0.494 e. The first-order valence-electron chi connectivity index (χ1n) is 6.18. The van der Waals surface area contributed by atoms with Gasteiger partial charge in [-0.3, -0.25) is 4.79 Å². The van der Waals surface area contributed by atoms with Crippen LogP contribution in [0.25, 0.3) is 0 Å². The first-order chi connectivity index (χ1) is 9.78. The first kappa shape index (κ1) is 13.8. The van der Waals surface area contributed by atoms with Crippen LogP contribution < -0.4 is 15.4 Å². The molecule has 1 amide bonds. The zero-order valence-corrected chi connectivity index (χ0v) is 11.2. The third-order valence-electron chi connectivity index (χ3n) is 2.60. The predicted molar refractivity (Wildman–Crippen MR) is 75.4 cm³/mol. The van der Waals surface area contributed by atoms with Gasteiger partial charge in [0.2, 0.25) is 11.9 Å². The Bertz CT molecular complexity index is 543. The lowest BCUT2D eigenvalue weighted by atomic mass is 10.2. The number of aromatic nitrogens is 2. The van der Waals surface area contributed by atoms with Crippen LogP contribution in [0, 0.1) is 0 Å². The molecule has 2 rings (SSSR count). The number of benzene rings is 1. The Balaban J connectivity index is 1.74. The molecule has 1 aromatic carbocycles. The lowest BCUT2D eigenvalue weighted by Crippen LogP contribution is -2.29. The number of nitrogens with zero attached hydrogens (tertiary/aromatic N) is 2. The van der Waals surface area contributed by atoms with Crippen molar-refractivity contribution in [3.05, 3.63) is 48.3 Å². The molecule has 2 aromatic rings. The summed E-state index contributed by atoms with van der Waals surface area (Å²) in [7, 11) is 1.54. The molecule has 0 bridgehead atoms. The van der Waals surface area contributed by atoms with Gasteiger partial charge in [0, 0.05) is 6.54 Å². The van der Waals surface area contributed by atoms with Gasteiger partial charge in [0.25, 0.3) is 0 Å². The van der Waals surface area contributed by atoms with Crippen LogP contribution in [-0.4, -0.2) is 29.5 Å². The second kappa shape index (κ2) is 7.08. The van der Waals surface area contributed by atoms with Crippen LogP contribution in [0.3, 0.4) is 0 Å². The molecule has 0 aliphatic heterocycles. The first-order valence-corrected chi connectivity index (χ1v) is 6.18. The number of rotatable bonds is 6. The Morgan fingerprint density at radius 2 is 1.90 bits per heavy atom. The van der Waals surface area contributed by atoms with E-state index in [9.17, 15) is 4.79 Å². The Morgan fingerprint density at radius 3 is 2.55 bits per heavy atom. The summed E-state index contributed by atoms with van der Waals surface area (Å²) < 4.78 is 4.95. The molecule has 0 fully saturated rings. The fourth-order valence-electron chi connectivity index (χ4n) is 1.53. The van der Waals surface area contributed by atoms with Gasteiger partial charge in [-0.15, -0.1) is 0 Å². The van der Waals surface area contributed by atoms with Crippen molar-refractivity contribution in [2.75, 3.05) is 19.0 Å². The average molecular weight is 272 g/mol. The van der Waals surface area contributed by atoms with Crippen molar-refractivity contribution in [2.45, 2.75) is 6.54 Å². The molecule has 1 aromatic heterocycles. The molecule has 0 aliphatic carbocycles. The molecule has 0 saturated carbocycles. The van der Waals surface area contributed by atoms with Gasteiger partial charge in [0.15, 0.2) is 5.75 Å². The van der Waals surface area contributed by atoms with Crippen molar-refractivity contribution in [2.24, 2.45) is 0 Å². The van der Waals surface area contributed by atoms with Gasteiger partial charge >= 0.3 is 0 Å². The maximum absolute atomic E-state index is 11.7. The highest BCUT2D eigenvalue weighted by Gasteiger charge is 2.02. The standard InChI is InChI=1S/C14H16N4O2/c1-20-12-8-16-14(17-9-12)18-10-13(19)15-7-11-5-3-2-4-6-11/h2-6,8-9H,7,10H2,1H3,(H,15,19)(H,16,17,18). The van der Waals surface area contributed by atoms with E-state index >= 15 is 0 Å². The van der Waals surface area contributed by atoms with Gasteiger partial charge < -0.3 is 15.4 Å². The van der Waals surface area contributed by atoms with Crippen molar-refractivity contribution in [1.29, 1.82) is 0 Å². The molecule has 0 unspecified atom stereocenters. The zero-order chi connectivity index (χ0) is 14.2. The van der Waals surface area contributed by atoms with E-state index in [1.807, 2.05) is 30.3 Å². The van der Waals surface area contributed by atoms with Crippen LogP contribution in [0.15, 0.2) is 42.7 Å². The normalized spacial score (nSPS) is 9.85. The van der Waals surface area contributed by atoms with E-state index in [-0.39, 0.29) is 12.5 Å². The molecule has 0 radical (unpaired) electrons. The molecule has 0 spiro atoms. The number of anilines is 1. The number of carbonyl (C=O) groups excluding carboxylic acids is 1. The lowest BCUT2D eigenvalue weighted by molar-refractivity contribution is -0.119. The molecule has 1 heterocycles.